The van der Waals surface area contributed by atoms with Gasteiger partial charge in [-0.1, -0.05) is 0 Å². The zero-order chi connectivity index (χ0) is 17.6. The summed E-state index contributed by atoms with van der Waals surface area (Å²) in [5.74, 6) is -1.41. The predicted octanol–water partition coefficient (Wildman–Crippen LogP) is 1.92. The summed E-state index contributed by atoms with van der Waals surface area (Å²) < 4.78 is 31.4. The molecule has 3 rings (SSSR count). The monoisotopic (exact) mass is 348 g/mol. The fourth-order valence-corrected chi connectivity index (χ4v) is 2.74. The maximum Gasteiger partial charge on any atom is 0.258 e. The number of anilines is 1. The van der Waals surface area contributed by atoms with Gasteiger partial charge in [-0.2, -0.15) is 0 Å². The van der Waals surface area contributed by atoms with E-state index in [-0.39, 0.29) is 24.3 Å². The first-order valence-electron chi connectivity index (χ1n) is 8.01. The van der Waals surface area contributed by atoms with E-state index < -0.39 is 11.6 Å². The van der Waals surface area contributed by atoms with Crippen LogP contribution in [0.4, 0.5) is 14.7 Å². The molecule has 2 aromatic rings. The molecule has 2 heterocycles. The number of benzene rings is 1. The van der Waals surface area contributed by atoms with Crippen molar-refractivity contribution in [2.24, 2.45) is 0 Å². The van der Waals surface area contributed by atoms with Gasteiger partial charge in [-0.15, -0.1) is 0 Å². The van der Waals surface area contributed by atoms with E-state index in [0.717, 1.165) is 31.5 Å². The average molecular weight is 348 g/mol. The van der Waals surface area contributed by atoms with Gasteiger partial charge in [0.15, 0.2) is 18.2 Å². The van der Waals surface area contributed by atoms with Crippen LogP contribution in [-0.2, 0) is 4.79 Å². The van der Waals surface area contributed by atoms with Crippen LogP contribution in [0.5, 0.6) is 5.75 Å². The van der Waals surface area contributed by atoms with Gasteiger partial charge in [-0.05, 0) is 31.0 Å². The van der Waals surface area contributed by atoms with Crippen molar-refractivity contribution >= 4 is 11.9 Å². The summed E-state index contributed by atoms with van der Waals surface area (Å²) >= 11 is 0. The van der Waals surface area contributed by atoms with E-state index in [1.165, 1.54) is 0 Å². The molecule has 132 valence electrons. The molecule has 0 bridgehead atoms. The Morgan fingerprint density at radius 3 is 2.88 bits per heavy atom. The molecule has 1 aromatic heterocycles. The van der Waals surface area contributed by atoms with Crippen molar-refractivity contribution in [3.63, 3.8) is 0 Å². The highest BCUT2D eigenvalue weighted by Gasteiger charge is 2.23. The number of hydrogen-bond donors (Lipinski definition) is 1. The number of rotatable bonds is 5. The van der Waals surface area contributed by atoms with Gasteiger partial charge >= 0.3 is 0 Å². The quantitative estimate of drug-likeness (QED) is 0.894. The van der Waals surface area contributed by atoms with Crippen molar-refractivity contribution in [3.05, 3.63) is 48.3 Å². The molecule has 1 amide bonds. The number of amides is 1. The van der Waals surface area contributed by atoms with Crippen LogP contribution >= 0.6 is 0 Å². The highest BCUT2D eigenvalue weighted by Crippen LogP contribution is 2.18. The molecule has 0 unspecified atom stereocenters. The van der Waals surface area contributed by atoms with Gasteiger partial charge in [0, 0.05) is 37.6 Å². The number of aromatic nitrogens is 2. The van der Waals surface area contributed by atoms with Crippen LogP contribution in [0.15, 0.2) is 36.7 Å². The molecule has 1 atom stereocenters. The van der Waals surface area contributed by atoms with Crippen molar-refractivity contribution < 1.29 is 18.3 Å². The maximum atomic E-state index is 13.5. The van der Waals surface area contributed by atoms with E-state index in [1.54, 1.807) is 18.5 Å². The van der Waals surface area contributed by atoms with Crippen LogP contribution in [0.1, 0.15) is 12.8 Å². The Hall–Kier alpha value is -2.77. The van der Waals surface area contributed by atoms with Crippen LogP contribution < -0.4 is 15.0 Å². The van der Waals surface area contributed by atoms with Crippen LogP contribution in [0.25, 0.3) is 0 Å². The van der Waals surface area contributed by atoms with Crippen molar-refractivity contribution in [3.8, 4) is 5.75 Å². The number of piperidine rings is 1. The number of nitrogens with one attached hydrogen (secondary N) is 1. The number of halogens is 2. The molecular weight excluding hydrogens is 330 g/mol. The van der Waals surface area contributed by atoms with Gasteiger partial charge < -0.3 is 15.0 Å². The minimum atomic E-state index is -0.835. The lowest BCUT2D eigenvalue weighted by molar-refractivity contribution is -0.123. The second-order valence-corrected chi connectivity index (χ2v) is 5.76. The van der Waals surface area contributed by atoms with Gasteiger partial charge in [0.25, 0.3) is 5.91 Å². The van der Waals surface area contributed by atoms with Crippen molar-refractivity contribution in [2.45, 2.75) is 18.9 Å². The summed E-state index contributed by atoms with van der Waals surface area (Å²) in [6.07, 6.45) is 5.09. The minimum absolute atomic E-state index is 0.0632. The Morgan fingerprint density at radius 1 is 1.32 bits per heavy atom. The summed E-state index contributed by atoms with van der Waals surface area (Å²) in [5, 5.41) is 2.86. The van der Waals surface area contributed by atoms with Crippen molar-refractivity contribution in [1.82, 2.24) is 15.3 Å². The maximum absolute atomic E-state index is 13.5. The average Bonchev–Trinajstić information content (AvgIpc) is 2.62. The second-order valence-electron chi connectivity index (χ2n) is 5.76. The fourth-order valence-electron chi connectivity index (χ4n) is 2.74. The summed E-state index contributed by atoms with van der Waals surface area (Å²) in [7, 11) is 0. The Bertz CT molecular complexity index is 730. The lowest BCUT2D eigenvalue weighted by Crippen LogP contribution is -2.49. The lowest BCUT2D eigenvalue weighted by atomic mass is 10.1. The molecule has 0 saturated carbocycles. The van der Waals surface area contributed by atoms with E-state index in [0.29, 0.717) is 18.6 Å². The normalized spacial score (nSPS) is 17.2. The zero-order valence-electron chi connectivity index (χ0n) is 13.5. The highest BCUT2D eigenvalue weighted by molar-refractivity contribution is 5.78. The topological polar surface area (TPSA) is 67.3 Å². The molecule has 6 nitrogen and oxygen atoms in total. The summed E-state index contributed by atoms with van der Waals surface area (Å²) in [6.45, 7) is 1.09. The van der Waals surface area contributed by atoms with Crippen molar-refractivity contribution in [2.75, 3.05) is 24.6 Å². The van der Waals surface area contributed by atoms with Gasteiger partial charge in [-0.25, -0.2) is 18.7 Å². The summed E-state index contributed by atoms with van der Waals surface area (Å²) in [5.41, 5.74) is 0. The van der Waals surface area contributed by atoms with Crippen LogP contribution in [0.2, 0.25) is 0 Å². The number of hydrogen-bond acceptors (Lipinski definition) is 5. The van der Waals surface area contributed by atoms with Gasteiger partial charge in [0.1, 0.15) is 5.82 Å². The molecule has 0 spiro atoms. The molecule has 1 N–H and O–H groups in total. The molecular formula is C17H18F2N4O2. The summed E-state index contributed by atoms with van der Waals surface area (Å²) in [6, 6.07) is 4.64. The highest BCUT2D eigenvalue weighted by atomic mass is 19.1. The van der Waals surface area contributed by atoms with Crippen LogP contribution in [0.3, 0.4) is 0 Å². The molecule has 1 aliphatic rings. The lowest BCUT2D eigenvalue weighted by Gasteiger charge is -2.33. The molecule has 0 aliphatic carbocycles. The van der Waals surface area contributed by atoms with E-state index in [4.69, 9.17) is 4.74 Å². The Morgan fingerprint density at radius 2 is 2.12 bits per heavy atom. The second kappa shape index (κ2) is 7.87. The number of nitrogens with zero attached hydrogens (tertiary/aromatic N) is 3. The third kappa shape index (κ3) is 4.62. The molecule has 1 aliphatic heterocycles. The first-order valence-corrected chi connectivity index (χ1v) is 8.01. The molecule has 1 aromatic carbocycles. The largest absolute Gasteiger partial charge is 0.481 e. The van der Waals surface area contributed by atoms with Gasteiger partial charge in [-0.3, -0.25) is 4.79 Å². The van der Waals surface area contributed by atoms with E-state index >= 15 is 0 Å². The molecule has 8 heteroatoms. The number of carbonyl (C=O) groups excluding carboxylic acids is 1. The zero-order valence-corrected chi connectivity index (χ0v) is 13.5. The standard InChI is InChI=1S/C17H18F2N4O2/c18-12-4-5-15(14(19)9-12)25-11-16(24)22-13-3-1-8-23(10-13)17-20-6-2-7-21-17/h2,4-7,9,13H,1,3,8,10-11H2,(H,22,24)/t13-/m1/s1. The molecule has 0 radical (unpaired) electrons. The molecule has 1 saturated heterocycles. The number of carbonyl (C=O) groups is 1. The predicted molar refractivity (Wildman–Crippen MR) is 87.3 cm³/mol. The van der Waals surface area contributed by atoms with Crippen LogP contribution in [-0.4, -0.2) is 41.6 Å². The number of ether oxygens (including phenoxy) is 1. The van der Waals surface area contributed by atoms with E-state index in [1.807, 2.05) is 4.90 Å². The molecule has 1 fully saturated rings. The Balaban J connectivity index is 1.50. The third-order valence-electron chi connectivity index (χ3n) is 3.87. The Labute approximate surface area is 143 Å². The first-order chi connectivity index (χ1) is 12.1. The van der Waals surface area contributed by atoms with E-state index in [9.17, 15) is 13.6 Å². The third-order valence-corrected chi connectivity index (χ3v) is 3.87. The minimum Gasteiger partial charge on any atom is -0.481 e. The smallest absolute Gasteiger partial charge is 0.258 e. The van der Waals surface area contributed by atoms with Gasteiger partial charge in [0.05, 0.1) is 0 Å². The SMILES string of the molecule is O=C(COc1ccc(F)cc1F)N[C@@H]1CCCN(c2ncccn2)C1. The van der Waals surface area contributed by atoms with Crippen molar-refractivity contribution in [1.29, 1.82) is 0 Å². The van der Waals surface area contributed by atoms with E-state index in [2.05, 4.69) is 15.3 Å². The summed E-state index contributed by atoms with van der Waals surface area (Å²) in [4.78, 5) is 22.5. The molecule has 25 heavy (non-hydrogen) atoms. The van der Waals surface area contributed by atoms with Crippen LogP contribution in [0, 0.1) is 11.6 Å². The van der Waals surface area contributed by atoms with Gasteiger partial charge in [0.2, 0.25) is 5.95 Å². The Kier molecular flexibility index (Phi) is 5.37. The fraction of sp³-hybridized carbons (Fsp3) is 0.353. The first kappa shape index (κ1) is 17.1.